The minimum atomic E-state index is 0.174. The Labute approximate surface area is 110 Å². The summed E-state index contributed by atoms with van der Waals surface area (Å²) >= 11 is 0. The molecule has 0 bridgehead atoms. The van der Waals surface area contributed by atoms with Gasteiger partial charge in [-0.05, 0) is 38.0 Å². The van der Waals surface area contributed by atoms with Crippen LogP contribution in [0.5, 0.6) is 0 Å². The predicted molar refractivity (Wildman–Crippen MR) is 74.0 cm³/mol. The molecule has 2 unspecified atom stereocenters. The molecule has 0 radical (unpaired) electrons. The smallest absolute Gasteiger partial charge is 0.223 e. The maximum atomic E-state index is 12.2. The fourth-order valence-electron chi connectivity index (χ4n) is 3.24. The van der Waals surface area contributed by atoms with Gasteiger partial charge in [-0.2, -0.15) is 0 Å². The first-order valence-electron chi connectivity index (χ1n) is 7.46. The third-order valence-electron chi connectivity index (χ3n) is 4.44. The van der Waals surface area contributed by atoms with Crippen LogP contribution in [0.3, 0.4) is 0 Å². The summed E-state index contributed by atoms with van der Waals surface area (Å²) in [6.07, 6.45) is 13.6. The third kappa shape index (κ3) is 3.58. The van der Waals surface area contributed by atoms with Crippen LogP contribution in [-0.2, 0) is 4.79 Å². The Kier molecular flexibility index (Phi) is 5.24. The first-order valence-corrected chi connectivity index (χ1v) is 7.46. The summed E-state index contributed by atoms with van der Waals surface area (Å²) in [6.45, 7) is 0.582. The van der Waals surface area contributed by atoms with Crippen molar-refractivity contribution < 1.29 is 4.79 Å². The van der Waals surface area contributed by atoms with Crippen LogP contribution in [0.25, 0.3) is 0 Å². The molecule has 1 amide bonds. The molecule has 0 aromatic carbocycles. The molecule has 102 valence electrons. The Morgan fingerprint density at radius 2 is 2.00 bits per heavy atom. The lowest BCUT2D eigenvalue weighted by Crippen LogP contribution is -2.48. The number of nitrogens with one attached hydrogen (secondary N) is 1. The Hall–Kier alpha value is -0.830. The maximum absolute atomic E-state index is 12.2. The second kappa shape index (κ2) is 6.93. The first kappa shape index (κ1) is 13.6. The Bertz CT molecular complexity index is 295. The minimum absolute atomic E-state index is 0.174. The van der Waals surface area contributed by atoms with Crippen molar-refractivity contribution in [3.8, 4) is 0 Å². The van der Waals surface area contributed by atoms with Gasteiger partial charge in [0.25, 0.3) is 0 Å². The molecule has 0 spiro atoms. The summed E-state index contributed by atoms with van der Waals surface area (Å²) in [4.78, 5) is 12.2. The SMILES string of the molecule is NCC(NC(=O)C1CC=CCC1)C1CCCCC1. The van der Waals surface area contributed by atoms with Crippen LogP contribution in [0.2, 0.25) is 0 Å². The number of nitrogens with two attached hydrogens (primary N) is 1. The summed E-state index contributed by atoms with van der Waals surface area (Å²) in [6, 6.07) is 0.198. The number of rotatable bonds is 4. The van der Waals surface area contributed by atoms with Crippen molar-refractivity contribution in [3.05, 3.63) is 12.2 Å². The zero-order valence-corrected chi connectivity index (χ0v) is 11.2. The molecule has 2 aliphatic carbocycles. The number of hydrogen-bond donors (Lipinski definition) is 2. The molecule has 18 heavy (non-hydrogen) atoms. The van der Waals surface area contributed by atoms with Crippen LogP contribution in [0, 0.1) is 11.8 Å². The largest absolute Gasteiger partial charge is 0.352 e. The standard InChI is InChI=1S/C15H26N2O/c16-11-14(12-7-3-1-4-8-12)17-15(18)13-9-5-2-6-10-13/h2,5,12-14H,1,3-4,6-11,16H2,(H,17,18). The highest BCUT2D eigenvalue weighted by Crippen LogP contribution is 2.27. The molecule has 3 heteroatoms. The van der Waals surface area contributed by atoms with Crippen LogP contribution >= 0.6 is 0 Å². The van der Waals surface area contributed by atoms with Gasteiger partial charge in [0.15, 0.2) is 0 Å². The summed E-state index contributed by atoms with van der Waals surface area (Å²) in [5.74, 6) is 1.000. The van der Waals surface area contributed by atoms with Crippen molar-refractivity contribution in [1.82, 2.24) is 5.32 Å². The molecule has 0 aromatic heterocycles. The van der Waals surface area contributed by atoms with Crippen LogP contribution in [-0.4, -0.2) is 18.5 Å². The highest BCUT2D eigenvalue weighted by molar-refractivity contribution is 5.79. The first-order chi connectivity index (χ1) is 8.81. The average Bonchev–Trinajstić information content (AvgIpc) is 2.46. The normalized spacial score (nSPS) is 26.8. The van der Waals surface area contributed by atoms with Gasteiger partial charge in [-0.25, -0.2) is 0 Å². The van der Waals surface area contributed by atoms with Crippen molar-refractivity contribution in [1.29, 1.82) is 0 Å². The van der Waals surface area contributed by atoms with E-state index in [0.29, 0.717) is 12.5 Å². The van der Waals surface area contributed by atoms with Gasteiger partial charge in [0.05, 0.1) is 0 Å². The molecule has 1 fully saturated rings. The van der Waals surface area contributed by atoms with E-state index in [1.807, 2.05) is 0 Å². The summed E-state index contributed by atoms with van der Waals surface area (Å²) in [5.41, 5.74) is 5.85. The number of allylic oxidation sites excluding steroid dienone is 2. The molecule has 0 aliphatic heterocycles. The molecule has 2 aliphatic rings. The van der Waals surface area contributed by atoms with Crippen molar-refractivity contribution in [2.24, 2.45) is 17.6 Å². The van der Waals surface area contributed by atoms with Crippen molar-refractivity contribution in [2.75, 3.05) is 6.54 Å². The van der Waals surface area contributed by atoms with Crippen molar-refractivity contribution in [3.63, 3.8) is 0 Å². The fraction of sp³-hybridized carbons (Fsp3) is 0.800. The van der Waals surface area contributed by atoms with Crippen LogP contribution < -0.4 is 11.1 Å². The van der Waals surface area contributed by atoms with E-state index < -0.39 is 0 Å². The van der Waals surface area contributed by atoms with E-state index in [9.17, 15) is 4.79 Å². The highest BCUT2D eigenvalue weighted by Gasteiger charge is 2.26. The Balaban J connectivity index is 1.84. The molecule has 0 aromatic rings. The topological polar surface area (TPSA) is 55.1 Å². The average molecular weight is 250 g/mol. The molecule has 0 heterocycles. The monoisotopic (exact) mass is 250 g/mol. The van der Waals surface area contributed by atoms with Gasteiger partial charge in [0.1, 0.15) is 0 Å². The Morgan fingerprint density at radius 1 is 1.22 bits per heavy atom. The van der Waals surface area contributed by atoms with Gasteiger partial charge in [-0.15, -0.1) is 0 Å². The third-order valence-corrected chi connectivity index (χ3v) is 4.44. The van der Waals surface area contributed by atoms with E-state index in [2.05, 4.69) is 17.5 Å². The second-order valence-corrected chi connectivity index (χ2v) is 5.73. The molecular weight excluding hydrogens is 224 g/mol. The quantitative estimate of drug-likeness (QED) is 0.753. The molecule has 3 nitrogen and oxygen atoms in total. The predicted octanol–water partition coefficient (Wildman–Crippen LogP) is 2.37. The summed E-state index contributed by atoms with van der Waals surface area (Å²) < 4.78 is 0. The minimum Gasteiger partial charge on any atom is -0.352 e. The van der Waals surface area contributed by atoms with Gasteiger partial charge in [0.2, 0.25) is 5.91 Å². The molecule has 2 rings (SSSR count). The highest BCUT2D eigenvalue weighted by atomic mass is 16.1. The zero-order chi connectivity index (χ0) is 12.8. The van der Waals surface area contributed by atoms with Gasteiger partial charge >= 0.3 is 0 Å². The van der Waals surface area contributed by atoms with E-state index in [1.165, 1.54) is 32.1 Å². The molecule has 0 saturated heterocycles. The fourth-order valence-corrected chi connectivity index (χ4v) is 3.24. The molecule has 2 atom stereocenters. The summed E-state index contributed by atoms with van der Waals surface area (Å²) in [7, 11) is 0. The lowest BCUT2D eigenvalue weighted by molar-refractivity contribution is -0.126. The van der Waals surface area contributed by atoms with E-state index in [0.717, 1.165) is 19.3 Å². The second-order valence-electron chi connectivity index (χ2n) is 5.73. The van der Waals surface area contributed by atoms with Gasteiger partial charge in [-0.1, -0.05) is 31.4 Å². The van der Waals surface area contributed by atoms with E-state index >= 15 is 0 Å². The van der Waals surface area contributed by atoms with E-state index in [4.69, 9.17) is 5.73 Å². The van der Waals surface area contributed by atoms with Gasteiger partial charge < -0.3 is 11.1 Å². The lowest BCUT2D eigenvalue weighted by atomic mass is 9.83. The number of amides is 1. The van der Waals surface area contributed by atoms with E-state index in [1.54, 1.807) is 0 Å². The van der Waals surface area contributed by atoms with Crippen molar-refractivity contribution >= 4 is 5.91 Å². The lowest BCUT2D eigenvalue weighted by Gasteiger charge is -2.31. The van der Waals surface area contributed by atoms with Crippen LogP contribution in [0.1, 0.15) is 51.4 Å². The molecule has 3 N–H and O–H groups in total. The van der Waals surface area contributed by atoms with Gasteiger partial charge in [-0.3, -0.25) is 4.79 Å². The summed E-state index contributed by atoms with van der Waals surface area (Å²) in [5, 5.41) is 3.21. The van der Waals surface area contributed by atoms with Crippen LogP contribution in [0.4, 0.5) is 0 Å². The maximum Gasteiger partial charge on any atom is 0.223 e. The number of hydrogen-bond acceptors (Lipinski definition) is 2. The van der Waals surface area contributed by atoms with E-state index in [-0.39, 0.29) is 17.9 Å². The van der Waals surface area contributed by atoms with Crippen molar-refractivity contribution in [2.45, 2.75) is 57.4 Å². The Morgan fingerprint density at radius 3 is 2.61 bits per heavy atom. The number of carbonyl (C=O) groups is 1. The molecular formula is C15H26N2O. The zero-order valence-electron chi connectivity index (χ0n) is 11.2. The van der Waals surface area contributed by atoms with Gasteiger partial charge in [0, 0.05) is 18.5 Å². The number of carbonyl (C=O) groups excluding carboxylic acids is 1. The van der Waals surface area contributed by atoms with Crippen LogP contribution in [0.15, 0.2) is 12.2 Å². The molecule has 1 saturated carbocycles.